The van der Waals surface area contributed by atoms with Crippen LogP contribution in [0.1, 0.15) is 30.0 Å². The molecule has 0 aliphatic carbocycles. The summed E-state index contributed by atoms with van der Waals surface area (Å²) in [4.78, 5) is 9.99. The second-order valence-corrected chi connectivity index (χ2v) is 1.46. The van der Waals surface area contributed by atoms with E-state index in [9.17, 15) is 4.79 Å². The van der Waals surface area contributed by atoms with Crippen LogP contribution in [0.3, 0.4) is 0 Å². The van der Waals surface area contributed by atoms with E-state index in [2.05, 4.69) is 9.68 Å². The standard InChI is InChI=1S/C5H5NO2.C2H6/c1-4-5(3-7)2-6-8-4;1-2/h2-3H,1H3;1-2H3. The average Bonchev–Trinajstić information content (AvgIpc) is 2.39. The Morgan fingerprint density at radius 2 is 2.20 bits per heavy atom. The molecule has 0 aromatic carbocycles. The fourth-order valence-corrected chi connectivity index (χ4v) is 0.419. The summed E-state index contributed by atoms with van der Waals surface area (Å²) in [6.45, 7) is 5.69. The Bertz CT molecular complexity index is 193. The molecule has 0 fully saturated rings. The van der Waals surface area contributed by atoms with E-state index < -0.39 is 0 Å². The molecule has 0 saturated carbocycles. The van der Waals surface area contributed by atoms with E-state index in [4.69, 9.17) is 0 Å². The number of carbonyl (C=O) groups excluding carboxylic acids is 1. The van der Waals surface area contributed by atoms with Gasteiger partial charge in [0.1, 0.15) is 5.76 Å². The van der Waals surface area contributed by atoms with Crippen molar-refractivity contribution in [3.8, 4) is 0 Å². The molecule has 1 aromatic rings. The van der Waals surface area contributed by atoms with Gasteiger partial charge in [-0.15, -0.1) is 0 Å². The summed E-state index contributed by atoms with van der Waals surface area (Å²) in [5.74, 6) is 0.569. The second kappa shape index (κ2) is 4.73. The lowest BCUT2D eigenvalue weighted by Crippen LogP contribution is -1.74. The van der Waals surface area contributed by atoms with Crippen LogP contribution in [0.2, 0.25) is 0 Å². The van der Waals surface area contributed by atoms with Gasteiger partial charge in [-0.3, -0.25) is 4.79 Å². The minimum atomic E-state index is 0.519. The van der Waals surface area contributed by atoms with E-state index in [1.807, 2.05) is 13.8 Å². The van der Waals surface area contributed by atoms with Gasteiger partial charge in [0.05, 0.1) is 11.8 Å². The van der Waals surface area contributed by atoms with E-state index >= 15 is 0 Å². The molecule has 0 spiro atoms. The molecule has 0 bridgehead atoms. The van der Waals surface area contributed by atoms with Gasteiger partial charge in [-0.2, -0.15) is 0 Å². The first-order valence-corrected chi connectivity index (χ1v) is 3.21. The Morgan fingerprint density at radius 1 is 1.60 bits per heavy atom. The Hall–Kier alpha value is -1.12. The third-order valence-corrected chi connectivity index (χ3v) is 0.915. The van der Waals surface area contributed by atoms with Gasteiger partial charge >= 0.3 is 0 Å². The zero-order valence-electron chi connectivity index (χ0n) is 6.42. The number of nitrogens with zero attached hydrogens (tertiary/aromatic N) is 1. The van der Waals surface area contributed by atoms with Gasteiger partial charge in [0, 0.05) is 0 Å². The maximum Gasteiger partial charge on any atom is 0.155 e. The second-order valence-electron chi connectivity index (χ2n) is 1.46. The molecular weight excluding hydrogens is 130 g/mol. The summed E-state index contributed by atoms with van der Waals surface area (Å²) < 4.78 is 4.57. The number of rotatable bonds is 1. The van der Waals surface area contributed by atoms with Crippen LogP contribution in [0, 0.1) is 6.92 Å². The molecule has 0 aliphatic rings. The van der Waals surface area contributed by atoms with Crippen LogP contribution in [0.4, 0.5) is 0 Å². The zero-order chi connectivity index (χ0) is 7.98. The van der Waals surface area contributed by atoms with Crippen molar-refractivity contribution in [2.24, 2.45) is 0 Å². The number of aromatic nitrogens is 1. The molecule has 0 atom stereocenters. The van der Waals surface area contributed by atoms with Crippen LogP contribution in [0.25, 0.3) is 0 Å². The van der Waals surface area contributed by atoms with Crippen LogP contribution < -0.4 is 0 Å². The van der Waals surface area contributed by atoms with Gasteiger partial charge < -0.3 is 4.52 Å². The SMILES string of the molecule is CC.Cc1oncc1C=O. The maximum absolute atomic E-state index is 9.99. The van der Waals surface area contributed by atoms with Gasteiger partial charge in [-0.25, -0.2) is 0 Å². The highest BCUT2D eigenvalue weighted by atomic mass is 16.5. The van der Waals surface area contributed by atoms with Crippen molar-refractivity contribution in [1.29, 1.82) is 0 Å². The van der Waals surface area contributed by atoms with Crippen molar-refractivity contribution in [3.05, 3.63) is 17.5 Å². The van der Waals surface area contributed by atoms with E-state index in [0.717, 1.165) is 0 Å². The summed E-state index contributed by atoms with van der Waals surface area (Å²) in [6, 6.07) is 0. The van der Waals surface area contributed by atoms with Crippen molar-refractivity contribution in [2.45, 2.75) is 20.8 Å². The predicted octanol–water partition coefficient (Wildman–Crippen LogP) is 1.82. The van der Waals surface area contributed by atoms with Crippen LogP contribution >= 0.6 is 0 Å². The van der Waals surface area contributed by atoms with E-state index in [0.29, 0.717) is 17.6 Å². The Balaban J connectivity index is 0.000000371. The molecule has 0 saturated heterocycles. The number of aldehydes is 1. The highest BCUT2D eigenvalue weighted by molar-refractivity contribution is 5.75. The maximum atomic E-state index is 9.99. The van der Waals surface area contributed by atoms with Crippen LogP contribution in [0.15, 0.2) is 10.7 Å². The monoisotopic (exact) mass is 141 g/mol. The fraction of sp³-hybridized carbons (Fsp3) is 0.429. The first-order chi connectivity index (χ1) is 4.84. The zero-order valence-corrected chi connectivity index (χ0v) is 6.42. The van der Waals surface area contributed by atoms with Crippen molar-refractivity contribution < 1.29 is 9.32 Å². The minimum Gasteiger partial charge on any atom is -0.361 e. The molecule has 1 aromatic heterocycles. The highest BCUT2D eigenvalue weighted by Gasteiger charge is 1.97. The molecule has 3 nitrogen and oxygen atoms in total. The van der Waals surface area contributed by atoms with Crippen LogP contribution in [0.5, 0.6) is 0 Å². The van der Waals surface area contributed by atoms with E-state index in [-0.39, 0.29) is 0 Å². The van der Waals surface area contributed by atoms with Crippen LogP contribution in [-0.4, -0.2) is 11.4 Å². The third-order valence-electron chi connectivity index (χ3n) is 0.915. The summed E-state index contributed by atoms with van der Waals surface area (Å²) in [5.41, 5.74) is 0.519. The fourth-order valence-electron chi connectivity index (χ4n) is 0.419. The molecule has 3 heteroatoms. The largest absolute Gasteiger partial charge is 0.361 e. The third kappa shape index (κ3) is 2.01. The molecule has 56 valence electrons. The van der Waals surface area contributed by atoms with Crippen molar-refractivity contribution in [3.63, 3.8) is 0 Å². The first kappa shape index (κ1) is 8.88. The Kier molecular flexibility index (Phi) is 4.20. The summed E-state index contributed by atoms with van der Waals surface area (Å²) in [7, 11) is 0. The molecule has 1 heterocycles. The predicted molar refractivity (Wildman–Crippen MR) is 38.0 cm³/mol. The van der Waals surface area contributed by atoms with E-state index in [1.54, 1.807) is 6.92 Å². The summed E-state index contributed by atoms with van der Waals surface area (Å²) in [6.07, 6.45) is 2.11. The summed E-state index contributed by atoms with van der Waals surface area (Å²) in [5, 5.41) is 3.39. The Morgan fingerprint density at radius 3 is 2.40 bits per heavy atom. The van der Waals surface area contributed by atoms with Gasteiger partial charge in [0.15, 0.2) is 6.29 Å². The van der Waals surface area contributed by atoms with Gasteiger partial charge in [-0.1, -0.05) is 19.0 Å². The molecule has 1 rings (SSSR count). The smallest absolute Gasteiger partial charge is 0.155 e. The van der Waals surface area contributed by atoms with E-state index in [1.165, 1.54) is 6.20 Å². The lowest BCUT2D eigenvalue weighted by molar-refractivity contribution is 0.112. The number of hydrogen-bond acceptors (Lipinski definition) is 3. The van der Waals surface area contributed by atoms with Gasteiger partial charge in [0.2, 0.25) is 0 Å². The minimum absolute atomic E-state index is 0.519. The van der Waals surface area contributed by atoms with Crippen molar-refractivity contribution in [2.75, 3.05) is 0 Å². The van der Waals surface area contributed by atoms with Crippen molar-refractivity contribution >= 4 is 6.29 Å². The molecule has 0 radical (unpaired) electrons. The molecular formula is C7H11NO2. The highest BCUT2D eigenvalue weighted by Crippen LogP contribution is 2.00. The first-order valence-electron chi connectivity index (χ1n) is 3.21. The lowest BCUT2D eigenvalue weighted by Gasteiger charge is -1.75. The van der Waals surface area contributed by atoms with Crippen molar-refractivity contribution in [1.82, 2.24) is 5.16 Å². The van der Waals surface area contributed by atoms with Crippen LogP contribution in [-0.2, 0) is 0 Å². The number of carbonyl (C=O) groups is 1. The molecule has 10 heavy (non-hydrogen) atoms. The number of aryl methyl sites for hydroxylation is 1. The molecule has 0 N–H and O–H groups in total. The summed E-state index contributed by atoms with van der Waals surface area (Å²) >= 11 is 0. The normalized spacial score (nSPS) is 7.90. The quantitative estimate of drug-likeness (QED) is 0.560. The lowest BCUT2D eigenvalue weighted by atomic mass is 10.3. The molecule has 0 unspecified atom stereocenters. The van der Waals surface area contributed by atoms with Gasteiger partial charge in [-0.05, 0) is 6.92 Å². The molecule has 0 aliphatic heterocycles. The number of hydrogen-bond donors (Lipinski definition) is 0. The van der Waals surface area contributed by atoms with Gasteiger partial charge in [0.25, 0.3) is 0 Å². The topological polar surface area (TPSA) is 43.1 Å². The molecule has 0 amide bonds. The Labute approximate surface area is 60.0 Å². The average molecular weight is 141 g/mol.